The van der Waals surface area contributed by atoms with Crippen molar-refractivity contribution in [3.05, 3.63) is 68.5 Å². The predicted octanol–water partition coefficient (Wildman–Crippen LogP) is 3.50. The summed E-state index contributed by atoms with van der Waals surface area (Å²) >= 11 is 6.10. The third-order valence-corrected chi connectivity index (χ3v) is 5.12. The number of carbonyl (C=O) groups is 1. The average Bonchev–Trinajstić information content (AvgIpc) is 2.70. The standard InChI is InChI=1S/C19H19ClFN3O4/c1-28-19(25)14-11-13(5-6-18(14)24(26)27)23-9-7-22(8-10-23)12-15-16(20)3-2-4-17(15)21/h2-6,11H,7-10,12H2,1H3. The van der Waals surface area contributed by atoms with Crippen molar-refractivity contribution in [1.82, 2.24) is 4.90 Å². The number of methoxy groups -OCH3 is 1. The van der Waals surface area contributed by atoms with Crippen LogP contribution in [0.25, 0.3) is 0 Å². The number of hydrogen-bond acceptors (Lipinski definition) is 6. The van der Waals surface area contributed by atoms with E-state index in [-0.39, 0.29) is 17.1 Å². The maximum Gasteiger partial charge on any atom is 0.344 e. The van der Waals surface area contributed by atoms with Crippen LogP contribution in [-0.2, 0) is 11.3 Å². The molecule has 0 N–H and O–H groups in total. The molecule has 0 spiro atoms. The molecule has 2 aromatic rings. The van der Waals surface area contributed by atoms with Crippen molar-refractivity contribution < 1.29 is 18.8 Å². The van der Waals surface area contributed by atoms with Crippen LogP contribution in [0.1, 0.15) is 15.9 Å². The van der Waals surface area contributed by atoms with E-state index < -0.39 is 10.9 Å². The summed E-state index contributed by atoms with van der Waals surface area (Å²) in [5.74, 6) is -1.07. The number of nitro benzene ring substituents is 1. The molecule has 0 saturated carbocycles. The fourth-order valence-electron chi connectivity index (χ4n) is 3.22. The Balaban J connectivity index is 1.71. The van der Waals surface area contributed by atoms with Gasteiger partial charge in [-0.3, -0.25) is 15.0 Å². The second-order valence-corrected chi connectivity index (χ2v) is 6.82. The number of esters is 1. The number of nitrogens with zero attached hydrogens (tertiary/aromatic N) is 3. The van der Waals surface area contributed by atoms with Crippen LogP contribution in [0.5, 0.6) is 0 Å². The number of piperazine rings is 1. The smallest absolute Gasteiger partial charge is 0.344 e. The summed E-state index contributed by atoms with van der Waals surface area (Å²) in [5.41, 5.74) is 0.810. The first kappa shape index (κ1) is 20.0. The number of hydrogen-bond donors (Lipinski definition) is 0. The topological polar surface area (TPSA) is 75.9 Å². The average molecular weight is 408 g/mol. The summed E-state index contributed by atoms with van der Waals surface area (Å²) in [6.45, 7) is 2.99. The van der Waals surface area contributed by atoms with Crippen molar-refractivity contribution in [1.29, 1.82) is 0 Å². The van der Waals surface area contributed by atoms with E-state index in [2.05, 4.69) is 9.64 Å². The molecule has 0 aliphatic carbocycles. The molecule has 2 aromatic carbocycles. The maximum absolute atomic E-state index is 14.0. The van der Waals surface area contributed by atoms with E-state index in [1.54, 1.807) is 18.2 Å². The Morgan fingerprint density at radius 1 is 1.25 bits per heavy atom. The molecule has 0 radical (unpaired) electrons. The molecule has 0 bridgehead atoms. The van der Waals surface area contributed by atoms with Gasteiger partial charge in [0, 0.05) is 55.1 Å². The predicted molar refractivity (Wildman–Crippen MR) is 103 cm³/mol. The van der Waals surface area contributed by atoms with Crippen LogP contribution >= 0.6 is 11.6 Å². The molecule has 1 fully saturated rings. The summed E-state index contributed by atoms with van der Waals surface area (Å²) in [6, 6.07) is 9.05. The Hall–Kier alpha value is -2.71. The quantitative estimate of drug-likeness (QED) is 0.429. The molecule has 1 aliphatic heterocycles. The number of carbonyl (C=O) groups excluding carboxylic acids is 1. The van der Waals surface area contributed by atoms with Gasteiger partial charge in [0.2, 0.25) is 0 Å². The van der Waals surface area contributed by atoms with Gasteiger partial charge in [0.05, 0.1) is 12.0 Å². The van der Waals surface area contributed by atoms with E-state index in [0.29, 0.717) is 49.0 Å². The first-order valence-corrected chi connectivity index (χ1v) is 9.05. The number of benzene rings is 2. The maximum atomic E-state index is 14.0. The zero-order chi connectivity index (χ0) is 20.3. The molecule has 9 heteroatoms. The lowest BCUT2D eigenvalue weighted by Gasteiger charge is -2.36. The summed E-state index contributed by atoms with van der Waals surface area (Å²) in [4.78, 5) is 26.5. The van der Waals surface area contributed by atoms with E-state index in [1.807, 2.05) is 4.90 Å². The van der Waals surface area contributed by atoms with Crippen molar-refractivity contribution in [2.45, 2.75) is 6.54 Å². The first-order chi connectivity index (χ1) is 13.4. The normalized spacial score (nSPS) is 14.8. The first-order valence-electron chi connectivity index (χ1n) is 8.67. The fraction of sp³-hybridized carbons (Fsp3) is 0.316. The van der Waals surface area contributed by atoms with Crippen LogP contribution in [0.4, 0.5) is 15.8 Å². The molecule has 0 unspecified atom stereocenters. The van der Waals surface area contributed by atoms with E-state index in [0.717, 1.165) is 0 Å². The molecule has 148 valence electrons. The van der Waals surface area contributed by atoms with Crippen molar-refractivity contribution in [3.63, 3.8) is 0 Å². The highest BCUT2D eigenvalue weighted by atomic mass is 35.5. The van der Waals surface area contributed by atoms with Gasteiger partial charge >= 0.3 is 5.97 Å². The zero-order valence-corrected chi connectivity index (χ0v) is 16.0. The highest BCUT2D eigenvalue weighted by molar-refractivity contribution is 6.31. The molecule has 1 saturated heterocycles. The minimum absolute atomic E-state index is 0.0782. The van der Waals surface area contributed by atoms with Crippen LogP contribution in [0, 0.1) is 15.9 Å². The molecule has 3 rings (SSSR count). The largest absolute Gasteiger partial charge is 0.465 e. The van der Waals surface area contributed by atoms with Crippen LogP contribution in [0.15, 0.2) is 36.4 Å². The van der Waals surface area contributed by atoms with Gasteiger partial charge in [0.1, 0.15) is 11.4 Å². The molecule has 0 aromatic heterocycles. The lowest BCUT2D eigenvalue weighted by molar-refractivity contribution is -0.385. The summed E-state index contributed by atoms with van der Waals surface area (Å²) in [5, 5.41) is 11.5. The molecular weight excluding hydrogens is 389 g/mol. The van der Waals surface area contributed by atoms with Crippen molar-refractivity contribution in [2.24, 2.45) is 0 Å². The third kappa shape index (κ3) is 4.23. The van der Waals surface area contributed by atoms with Crippen LogP contribution in [0.3, 0.4) is 0 Å². The van der Waals surface area contributed by atoms with Gasteiger partial charge in [-0.25, -0.2) is 9.18 Å². The van der Waals surface area contributed by atoms with Gasteiger partial charge in [0.25, 0.3) is 5.69 Å². The Bertz CT molecular complexity index is 880. The highest BCUT2D eigenvalue weighted by Crippen LogP contribution is 2.27. The van der Waals surface area contributed by atoms with Gasteiger partial charge in [0.15, 0.2) is 0 Å². The number of nitro groups is 1. The molecule has 0 amide bonds. The van der Waals surface area contributed by atoms with Crippen LogP contribution in [0.2, 0.25) is 5.02 Å². The summed E-state index contributed by atoms with van der Waals surface area (Å²) in [7, 11) is 1.19. The lowest BCUT2D eigenvalue weighted by Crippen LogP contribution is -2.46. The number of halogens is 2. The Morgan fingerprint density at radius 2 is 1.96 bits per heavy atom. The Labute approximate surface area is 166 Å². The van der Waals surface area contributed by atoms with E-state index in [9.17, 15) is 19.3 Å². The third-order valence-electron chi connectivity index (χ3n) is 4.76. The monoisotopic (exact) mass is 407 g/mol. The molecule has 28 heavy (non-hydrogen) atoms. The van der Waals surface area contributed by atoms with Crippen molar-refractivity contribution >= 4 is 28.9 Å². The summed E-state index contributed by atoms with van der Waals surface area (Å²) < 4.78 is 18.6. The second kappa shape index (κ2) is 8.53. The van der Waals surface area contributed by atoms with Crippen LogP contribution < -0.4 is 4.90 Å². The minimum Gasteiger partial charge on any atom is -0.465 e. The molecular formula is C19H19ClFN3O4. The van der Waals surface area contributed by atoms with Gasteiger partial charge in [-0.2, -0.15) is 0 Å². The summed E-state index contributed by atoms with van der Waals surface area (Å²) in [6.07, 6.45) is 0. The molecule has 1 heterocycles. The van der Waals surface area contributed by atoms with Crippen molar-refractivity contribution in [3.8, 4) is 0 Å². The minimum atomic E-state index is -0.749. The number of ether oxygens (including phenoxy) is 1. The van der Waals surface area contributed by atoms with E-state index in [1.165, 1.54) is 25.3 Å². The fourth-order valence-corrected chi connectivity index (χ4v) is 3.45. The van der Waals surface area contributed by atoms with E-state index in [4.69, 9.17) is 11.6 Å². The van der Waals surface area contributed by atoms with Gasteiger partial charge in [-0.15, -0.1) is 0 Å². The SMILES string of the molecule is COC(=O)c1cc(N2CCN(Cc3c(F)cccc3Cl)CC2)ccc1[N+](=O)[O-]. The second-order valence-electron chi connectivity index (χ2n) is 6.41. The zero-order valence-electron chi connectivity index (χ0n) is 15.2. The highest BCUT2D eigenvalue weighted by Gasteiger charge is 2.25. The number of anilines is 1. The van der Waals surface area contributed by atoms with Crippen molar-refractivity contribution in [2.75, 3.05) is 38.2 Å². The van der Waals surface area contributed by atoms with Gasteiger partial charge in [-0.1, -0.05) is 17.7 Å². The molecule has 7 nitrogen and oxygen atoms in total. The van der Waals surface area contributed by atoms with E-state index >= 15 is 0 Å². The Kier molecular flexibility index (Phi) is 6.11. The van der Waals surface area contributed by atoms with Gasteiger partial charge < -0.3 is 9.64 Å². The molecule has 0 atom stereocenters. The molecule has 1 aliphatic rings. The van der Waals surface area contributed by atoms with Crippen LogP contribution in [-0.4, -0.2) is 49.1 Å². The Morgan fingerprint density at radius 3 is 2.57 bits per heavy atom. The lowest BCUT2D eigenvalue weighted by atomic mass is 10.1. The number of rotatable bonds is 5. The van der Waals surface area contributed by atoms with Gasteiger partial charge in [-0.05, 0) is 24.3 Å².